The van der Waals surface area contributed by atoms with E-state index in [0.29, 0.717) is 11.3 Å². The quantitative estimate of drug-likeness (QED) is 0.585. The van der Waals surface area contributed by atoms with Gasteiger partial charge in [-0.15, -0.1) is 5.10 Å². The molecule has 2 aliphatic carbocycles. The number of ketones is 1. The minimum absolute atomic E-state index is 0.0300. The highest BCUT2D eigenvalue weighted by molar-refractivity contribution is 6.42. The summed E-state index contributed by atoms with van der Waals surface area (Å²) in [5.74, 6) is -1.24. The Hall–Kier alpha value is -3.03. The van der Waals surface area contributed by atoms with E-state index in [1.54, 1.807) is 41.2 Å². The third kappa shape index (κ3) is 4.27. The molecule has 8 nitrogen and oxygen atoms in total. The third-order valence-corrected chi connectivity index (χ3v) is 5.30. The fourth-order valence-corrected chi connectivity index (χ4v) is 3.50. The molecule has 8 heteroatoms. The SMILES string of the molecule is O=C(NC1CCC(n2cc(C(=O)NC3CC3)nn2)CC1)C(=O)c1ccccc1. The van der Waals surface area contributed by atoms with Crippen molar-refractivity contribution in [1.82, 2.24) is 25.6 Å². The molecule has 0 unspecified atom stereocenters. The van der Waals surface area contributed by atoms with E-state index >= 15 is 0 Å². The standard InChI is InChI=1S/C20H23N5O3/c26-18(13-4-2-1-3-5-13)20(28)22-15-8-10-16(11-9-15)25-12-17(23-24-25)19(27)21-14-6-7-14/h1-5,12,14-16H,6-11H2,(H,21,27)(H,22,28). The molecule has 28 heavy (non-hydrogen) atoms. The second-order valence-corrected chi connectivity index (χ2v) is 7.51. The largest absolute Gasteiger partial charge is 0.348 e. The summed E-state index contributed by atoms with van der Waals surface area (Å²) in [6, 6.07) is 8.97. The summed E-state index contributed by atoms with van der Waals surface area (Å²) in [6.45, 7) is 0. The predicted molar refractivity (Wildman–Crippen MR) is 101 cm³/mol. The van der Waals surface area contributed by atoms with E-state index < -0.39 is 11.7 Å². The van der Waals surface area contributed by atoms with Crippen LogP contribution in [0.25, 0.3) is 0 Å². The maximum absolute atomic E-state index is 12.2. The maximum atomic E-state index is 12.2. The zero-order valence-corrected chi connectivity index (χ0v) is 15.5. The van der Waals surface area contributed by atoms with Gasteiger partial charge < -0.3 is 10.6 Å². The molecule has 1 aromatic carbocycles. The van der Waals surface area contributed by atoms with Crippen molar-refractivity contribution in [3.63, 3.8) is 0 Å². The van der Waals surface area contributed by atoms with Gasteiger partial charge in [0.15, 0.2) is 5.69 Å². The Morgan fingerprint density at radius 2 is 1.54 bits per heavy atom. The summed E-state index contributed by atoms with van der Waals surface area (Å²) in [6.07, 6.45) is 6.86. The van der Waals surface area contributed by atoms with E-state index in [1.807, 2.05) is 0 Å². The molecule has 2 saturated carbocycles. The van der Waals surface area contributed by atoms with Crippen molar-refractivity contribution in [2.75, 3.05) is 0 Å². The van der Waals surface area contributed by atoms with Gasteiger partial charge in [0.25, 0.3) is 11.8 Å². The van der Waals surface area contributed by atoms with E-state index in [1.165, 1.54) is 0 Å². The lowest BCUT2D eigenvalue weighted by Gasteiger charge is -2.28. The van der Waals surface area contributed by atoms with Crippen LogP contribution in [-0.4, -0.2) is 44.7 Å². The molecule has 1 heterocycles. The molecule has 2 fully saturated rings. The number of nitrogens with one attached hydrogen (secondary N) is 2. The first-order valence-electron chi connectivity index (χ1n) is 9.73. The van der Waals surface area contributed by atoms with Crippen LogP contribution < -0.4 is 10.6 Å². The summed E-state index contributed by atoms with van der Waals surface area (Å²) < 4.78 is 1.75. The number of rotatable bonds is 6. The van der Waals surface area contributed by atoms with Gasteiger partial charge in [-0.05, 0) is 38.5 Å². The Labute approximate surface area is 162 Å². The van der Waals surface area contributed by atoms with Crippen molar-refractivity contribution < 1.29 is 14.4 Å². The van der Waals surface area contributed by atoms with Gasteiger partial charge in [-0.25, -0.2) is 4.68 Å². The molecule has 0 aliphatic heterocycles. The van der Waals surface area contributed by atoms with Gasteiger partial charge in [-0.2, -0.15) is 0 Å². The van der Waals surface area contributed by atoms with Crippen LogP contribution in [0, 0.1) is 0 Å². The highest BCUT2D eigenvalue weighted by Gasteiger charge is 2.28. The summed E-state index contributed by atoms with van der Waals surface area (Å²) >= 11 is 0. The Balaban J connectivity index is 1.27. The fourth-order valence-electron chi connectivity index (χ4n) is 3.50. The van der Waals surface area contributed by atoms with Crippen molar-refractivity contribution in [3.05, 3.63) is 47.8 Å². The number of Topliss-reactive ketones (excluding diaryl/α,β-unsaturated/α-hetero) is 1. The number of carbonyl (C=O) groups excluding carboxylic acids is 3. The van der Waals surface area contributed by atoms with Crippen LogP contribution in [0.3, 0.4) is 0 Å². The van der Waals surface area contributed by atoms with Crippen LogP contribution in [-0.2, 0) is 4.79 Å². The monoisotopic (exact) mass is 381 g/mol. The Morgan fingerprint density at radius 1 is 0.893 bits per heavy atom. The molecule has 0 bridgehead atoms. The van der Waals surface area contributed by atoms with Crippen LogP contribution >= 0.6 is 0 Å². The molecule has 0 radical (unpaired) electrons. The number of amides is 2. The maximum Gasteiger partial charge on any atom is 0.292 e. The first-order chi connectivity index (χ1) is 13.6. The molecule has 146 valence electrons. The first-order valence-corrected chi connectivity index (χ1v) is 9.73. The van der Waals surface area contributed by atoms with Crippen LogP contribution in [0.1, 0.15) is 65.4 Å². The van der Waals surface area contributed by atoms with Gasteiger partial charge >= 0.3 is 0 Å². The molecule has 0 saturated heterocycles. The number of carbonyl (C=O) groups is 3. The highest BCUT2D eigenvalue weighted by atomic mass is 16.2. The van der Waals surface area contributed by atoms with Crippen molar-refractivity contribution >= 4 is 17.6 Å². The van der Waals surface area contributed by atoms with Crippen molar-refractivity contribution in [3.8, 4) is 0 Å². The molecule has 2 aliphatic rings. The molecule has 0 spiro atoms. The van der Waals surface area contributed by atoms with Gasteiger partial charge in [0.2, 0.25) is 5.78 Å². The first kappa shape index (κ1) is 18.3. The lowest BCUT2D eigenvalue weighted by Crippen LogP contribution is -2.41. The molecule has 0 atom stereocenters. The molecule has 2 amide bonds. The topological polar surface area (TPSA) is 106 Å². The number of hydrogen-bond acceptors (Lipinski definition) is 5. The molecule has 2 aromatic rings. The molecule has 1 aromatic heterocycles. The molecular weight excluding hydrogens is 358 g/mol. The Morgan fingerprint density at radius 3 is 2.21 bits per heavy atom. The van der Waals surface area contributed by atoms with Gasteiger partial charge in [0.1, 0.15) is 0 Å². The lowest BCUT2D eigenvalue weighted by atomic mass is 9.91. The summed E-state index contributed by atoms with van der Waals surface area (Å²) in [4.78, 5) is 36.4. The minimum atomic E-state index is -0.561. The normalized spacial score (nSPS) is 21.7. The van der Waals surface area contributed by atoms with Crippen molar-refractivity contribution in [1.29, 1.82) is 0 Å². The van der Waals surface area contributed by atoms with Crippen molar-refractivity contribution in [2.45, 2.75) is 56.7 Å². The predicted octanol–water partition coefficient (Wildman–Crippen LogP) is 1.65. The Kier molecular flexibility index (Phi) is 5.18. The fraction of sp³-hybridized carbons (Fsp3) is 0.450. The van der Waals surface area contributed by atoms with E-state index in [0.717, 1.165) is 38.5 Å². The second-order valence-electron chi connectivity index (χ2n) is 7.51. The van der Waals surface area contributed by atoms with Crippen LogP contribution in [0.15, 0.2) is 36.5 Å². The Bertz CT molecular complexity index is 867. The van der Waals surface area contributed by atoms with Gasteiger partial charge in [-0.3, -0.25) is 14.4 Å². The second kappa shape index (κ2) is 7.92. The molecule has 4 rings (SSSR count). The van der Waals surface area contributed by atoms with Crippen LogP contribution in [0.4, 0.5) is 0 Å². The summed E-state index contributed by atoms with van der Waals surface area (Å²) in [7, 11) is 0. The number of benzene rings is 1. The van der Waals surface area contributed by atoms with E-state index in [9.17, 15) is 14.4 Å². The highest BCUT2D eigenvalue weighted by Crippen LogP contribution is 2.28. The summed E-state index contributed by atoms with van der Waals surface area (Å²) in [5.41, 5.74) is 0.740. The zero-order valence-electron chi connectivity index (χ0n) is 15.5. The van der Waals surface area contributed by atoms with E-state index in [2.05, 4.69) is 20.9 Å². The molecule has 2 N–H and O–H groups in total. The number of aromatic nitrogens is 3. The average Bonchev–Trinajstić information content (AvgIpc) is 3.40. The molecular formula is C20H23N5O3. The zero-order chi connectivity index (χ0) is 19.5. The van der Waals surface area contributed by atoms with E-state index in [-0.39, 0.29) is 24.0 Å². The van der Waals surface area contributed by atoms with Crippen LogP contribution in [0.5, 0.6) is 0 Å². The third-order valence-electron chi connectivity index (χ3n) is 5.30. The average molecular weight is 381 g/mol. The number of hydrogen-bond donors (Lipinski definition) is 2. The number of nitrogens with zero attached hydrogens (tertiary/aromatic N) is 3. The van der Waals surface area contributed by atoms with Crippen molar-refractivity contribution in [2.24, 2.45) is 0 Å². The minimum Gasteiger partial charge on any atom is -0.348 e. The lowest BCUT2D eigenvalue weighted by molar-refractivity contribution is -0.117. The summed E-state index contributed by atoms with van der Waals surface area (Å²) in [5, 5.41) is 13.8. The van der Waals surface area contributed by atoms with Gasteiger partial charge in [0.05, 0.1) is 12.2 Å². The smallest absolute Gasteiger partial charge is 0.292 e. The van der Waals surface area contributed by atoms with E-state index in [4.69, 9.17) is 0 Å². The van der Waals surface area contributed by atoms with Gasteiger partial charge in [0, 0.05) is 17.6 Å². The van der Waals surface area contributed by atoms with Gasteiger partial charge in [-0.1, -0.05) is 35.5 Å². The van der Waals surface area contributed by atoms with Crippen LogP contribution in [0.2, 0.25) is 0 Å².